The van der Waals surface area contributed by atoms with Gasteiger partial charge in [0.15, 0.2) is 5.79 Å². The minimum atomic E-state index is -1.50. The van der Waals surface area contributed by atoms with Gasteiger partial charge in [0, 0.05) is 6.04 Å². The Morgan fingerprint density at radius 3 is 1.71 bits per heavy atom. The molecular formula is C15H39NO4S. The maximum atomic E-state index is 8.44. The molecule has 0 heterocycles. The van der Waals surface area contributed by atoms with Crippen LogP contribution in [-0.2, 0) is 4.74 Å². The first-order valence-electron chi connectivity index (χ1n) is 7.70. The largest absolute Gasteiger partial charge is 0.394 e. The molecule has 134 valence electrons. The Morgan fingerprint density at radius 1 is 1.10 bits per heavy atom. The molecule has 5 N–H and O–H groups in total. The van der Waals surface area contributed by atoms with Crippen LogP contribution in [-0.4, -0.2) is 52.7 Å². The van der Waals surface area contributed by atoms with Crippen molar-refractivity contribution < 1.29 is 20.1 Å². The van der Waals surface area contributed by atoms with Gasteiger partial charge in [0.05, 0.1) is 19.3 Å². The first-order chi connectivity index (χ1) is 9.83. The third-order valence-corrected chi connectivity index (χ3v) is 1.87. The van der Waals surface area contributed by atoms with Crippen LogP contribution in [0.5, 0.6) is 0 Å². The highest BCUT2D eigenvalue weighted by Gasteiger charge is 2.21. The molecule has 1 fully saturated rings. The number of aliphatic hydroxyl groups excluding tert-OH is 1. The molecule has 21 heavy (non-hydrogen) atoms. The highest BCUT2D eigenvalue weighted by molar-refractivity contribution is 7.79. The maximum absolute atomic E-state index is 8.44. The van der Waals surface area contributed by atoms with Crippen LogP contribution in [0.1, 0.15) is 60.8 Å². The molecule has 0 aromatic rings. The van der Waals surface area contributed by atoms with E-state index in [4.69, 9.17) is 25.8 Å². The van der Waals surface area contributed by atoms with Crippen LogP contribution in [0.4, 0.5) is 0 Å². The average Bonchev–Trinajstić information content (AvgIpc) is 2.87. The van der Waals surface area contributed by atoms with Crippen LogP contribution in [0.15, 0.2) is 0 Å². The summed E-state index contributed by atoms with van der Waals surface area (Å²) < 4.78 is 5.29. The molecule has 2 unspecified atom stereocenters. The molecule has 2 atom stereocenters. The standard InChI is InChI=1S/C7H15NO2.C3H8O2.2C2H6.CH4S/c8-6-1-2-7(5-6)10-4-3-9;1-3(2,4)5;3*1-2/h6-7,9H,1-5,8H2;4-5H,1-2H3;2*1-2H3;2H,1H3. The van der Waals surface area contributed by atoms with E-state index in [1.165, 1.54) is 13.8 Å². The third kappa shape index (κ3) is 38.4. The van der Waals surface area contributed by atoms with E-state index in [1.807, 2.05) is 27.7 Å². The summed E-state index contributed by atoms with van der Waals surface area (Å²) in [5, 5.41) is 24.6. The second-order valence-electron chi connectivity index (χ2n) is 4.28. The Kier molecular flexibility index (Phi) is 31.2. The molecule has 1 aliphatic rings. The Bertz CT molecular complexity index is 160. The number of hydrogen-bond acceptors (Lipinski definition) is 6. The summed E-state index contributed by atoms with van der Waals surface area (Å²) in [6.45, 7) is 11.2. The molecule has 0 bridgehead atoms. The van der Waals surface area contributed by atoms with Gasteiger partial charge in [-0.2, -0.15) is 12.6 Å². The topological polar surface area (TPSA) is 95.9 Å². The van der Waals surface area contributed by atoms with Gasteiger partial charge >= 0.3 is 0 Å². The maximum Gasteiger partial charge on any atom is 0.156 e. The lowest BCUT2D eigenvalue weighted by atomic mass is 10.3. The van der Waals surface area contributed by atoms with Gasteiger partial charge in [0.25, 0.3) is 0 Å². The Balaban J connectivity index is -0.000000112. The summed E-state index contributed by atoms with van der Waals surface area (Å²) in [5.74, 6) is -1.50. The van der Waals surface area contributed by atoms with Crippen LogP contribution in [0.2, 0.25) is 0 Å². The van der Waals surface area contributed by atoms with Crippen molar-refractivity contribution in [2.24, 2.45) is 5.73 Å². The number of hydrogen-bond donors (Lipinski definition) is 5. The molecule has 0 radical (unpaired) electrons. The number of aliphatic hydroxyl groups is 3. The van der Waals surface area contributed by atoms with Crippen LogP contribution in [0, 0.1) is 0 Å². The lowest BCUT2D eigenvalue weighted by Crippen LogP contribution is -2.18. The predicted octanol–water partition coefficient (Wildman–Crippen LogP) is 2.18. The Hall–Kier alpha value is 0.150. The van der Waals surface area contributed by atoms with Crippen molar-refractivity contribution in [2.75, 3.05) is 19.5 Å². The first-order valence-corrected chi connectivity index (χ1v) is 8.60. The predicted molar refractivity (Wildman–Crippen MR) is 94.8 cm³/mol. The van der Waals surface area contributed by atoms with Crippen LogP contribution >= 0.6 is 12.6 Å². The van der Waals surface area contributed by atoms with Gasteiger partial charge in [-0.05, 0) is 39.4 Å². The molecule has 1 rings (SSSR count). The van der Waals surface area contributed by atoms with E-state index in [1.54, 1.807) is 6.26 Å². The van der Waals surface area contributed by atoms with Crippen molar-refractivity contribution in [3.05, 3.63) is 0 Å². The Labute approximate surface area is 137 Å². The zero-order chi connectivity index (χ0) is 17.9. The van der Waals surface area contributed by atoms with Crippen molar-refractivity contribution >= 4 is 12.6 Å². The van der Waals surface area contributed by atoms with E-state index in [9.17, 15) is 0 Å². The lowest BCUT2D eigenvalue weighted by molar-refractivity contribution is -0.127. The molecule has 0 spiro atoms. The molecule has 0 saturated heterocycles. The van der Waals surface area contributed by atoms with Gasteiger partial charge in [-0.15, -0.1) is 0 Å². The highest BCUT2D eigenvalue weighted by Crippen LogP contribution is 2.19. The first kappa shape index (κ1) is 29.2. The molecule has 1 saturated carbocycles. The highest BCUT2D eigenvalue weighted by atomic mass is 32.1. The molecule has 0 amide bonds. The van der Waals surface area contributed by atoms with E-state index in [0.717, 1.165) is 19.3 Å². The van der Waals surface area contributed by atoms with E-state index >= 15 is 0 Å². The van der Waals surface area contributed by atoms with Gasteiger partial charge in [-0.3, -0.25) is 0 Å². The third-order valence-electron chi connectivity index (χ3n) is 1.87. The number of nitrogens with two attached hydrogens (primary N) is 1. The SMILES string of the molecule is CC.CC.CC(C)(O)O.CS.NC1CCC(OCCO)C1. The summed E-state index contributed by atoms with van der Waals surface area (Å²) in [6, 6.07) is 0.323. The molecule has 1 aliphatic carbocycles. The van der Waals surface area contributed by atoms with Gasteiger partial charge in [-0.1, -0.05) is 27.7 Å². The fourth-order valence-corrected chi connectivity index (χ4v) is 1.34. The van der Waals surface area contributed by atoms with Crippen molar-refractivity contribution in [2.45, 2.75) is 78.7 Å². The normalized spacial score (nSPS) is 19.4. The van der Waals surface area contributed by atoms with E-state index in [0.29, 0.717) is 18.8 Å². The van der Waals surface area contributed by atoms with Crippen LogP contribution in [0.3, 0.4) is 0 Å². The monoisotopic (exact) mass is 329 g/mol. The van der Waals surface area contributed by atoms with E-state index < -0.39 is 5.79 Å². The minimum Gasteiger partial charge on any atom is -0.394 e. The molecule has 0 aromatic carbocycles. The molecule has 5 nitrogen and oxygen atoms in total. The summed E-state index contributed by atoms with van der Waals surface area (Å²) in [7, 11) is 0. The lowest BCUT2D eigenvalue weighted by Gasteiger charge is -2.08. The molecule has 0 aromatic heterocycles. The zero-order valence-corrected chi connectivity index (χ0v) is 15.9. The summed E-state index contributed by atoms with van der Waals surface area (Å²) in [5.41, 5.74) is 5.65. The fraction of sp³-hybridized carbons (Fsp3) is 1.00. The van der Waals surface area contributed by atoms with Crippen molar-refractivity contribution in [3.63, 3.8) is 0 Å². The molecular weight excluding hydrogens is 290 g/mol. The minimum absolute atomic E-state index is 0.117. The summed E-state index contributed by atoms with van der Waals surface area (Å²) in [4.78, 5) is 0. The van der Waals surface area contributed by atoms with Gasteiger partial charge in [0.1, 0.15) is 0 Å². The van der Waals surface area contributed by atoms with E-state index in [-0.39, 0.29) is 6.61 Å². The molecule has 0 aliphatic heterocycles. The smallest absolute Gasteiger partial charge is 0.156 e. The Morgan fingerprint density at radius 2 is 1.48 bits per heavy atom. The van der Waals surface area contributed by atoms with Crippen LogP contribution in [0.25, 0.3) is 0 Å². The summed E-state index contributed by atoms with van der Waals surface area (Å²) in [6.07, 6.45) is 5.08. The van der Waals surface area contributed by atoms with Gasteiger partial charge in [0.2, 0.25) is 0 Å². The quantitative estimate of drug-likeness (QED) is 0.404. The zero-order valence-electron chi connectivity index (χ0n) is 15.0. The summed E-state index contributed by atoms with van der Waals surface area (Å²) >= 11 is 3.53. The second kappa shape index (κ2) is 22.4. The van der Waals surface area contributed by atoms with Crippen molar-refractivity contribution in [3.8, 4) is 0 Å². The molecule has 6 heteroatoms. The second-order valence-corrected chi connectivity index (χ2v) is 4.28. The fourth-order valence-electron chi connectivity index (χ4n) is 1.34. The van der Waals surface area contributed by atoms with E-state index in [2.05, 4.69) is 12.6 Å². The van der Waals surface area contributed by atoms with Crippen molar-refractivity contribution in [1.82, 2.24) is 0 Å². The number of rotatable bonds is 3. The average molecular weight is 330 g/mol. The number of ether oxygens (including phenoxy) is 1. The van der Waals surface area contributed by atoms with Crippen LogP contribution < -0.4 is 5.73 Å². The van der Waals surface area contributed by atoms with Gasteiger partial charge in [-0.25, -0.2) is 0 Å². The van der Waals surface area contributed by atoms with Crippen molar-refractivity contribution in [1.29, 1.82) is 0 Å². The number of thiol groups is 1. The van der Waals surface area contributed by atoms with Gasteiger partial charge < -0.3 is 25.8 Å².